The first-order chi connectivity index (χ1) is 12.8. The first kappa shape index (κ1) is 19.4. The molecule has 1 amide bonds. The molecule has 27 heavy (non-hydrogen) atoms. The topological polar surface area (TPSA) is 80.8 Å². The SMILES string of the molecule is COC(=O)c1ccccc1C(=O)N1CC[C@H](S(=O)(=O)c2ccc(Cl)cc2)C1. The Hall–Kier alpha value is -2.38. The molecule has 6 nitrogen and oxygen atoms in total. The summed E-state index contributed by atoms with van der Waals surface area (Å²) >= 11 is 5.82. The van der Waals surface area contributed by atoms with Gasteiger partial charge in [-0.15, -0.1) is 0 Å². The lowest BCUT2D eigenvalue weighted by atomic mass is 10.1. The lowest BCUT2D eigenvalue weighted by molar-refractivity contribution is 0.0592. The minimum Gasteiger partial charge on any atom is -0.465 e. The van der Waals surface area contributed by atoms with Crippen LogP contribution in [0.3, 0.4) is 0 Å². The van der Waals surface area contributed by atoms with Crippen LogP contribution in [0.1, 0.15) is 27.1 Å². The number of esters is 1. The first-order valence-electron chi connectivity index (χ1n) is 8.30. The van der Waals surface area contributed by atoms with Gasteiger partial charge in [-0.25, -0.2) is 13.2 Å². The summed E-state index contributed by atoms with van der Waals surface area (Å²) in [5.41, 5.74) is 0.364. The van der Waals surface area contributed by atoms with E-state index < -0.39 is 21.1 Å². The van der Waals surface area contributed by atoms with Crippen LogP contribution in [0.25, 0.3) is 0 Å². The van der Waals surface area contributed by atoms with Crippen molar-refractivity contribution in [3.05, 3.63) is 64.7 Å². The van der Waals surface area contributed by atoms with Crippen molar-refractivity contribution in [3.8, 4) is 0 Å². The lowest BCUT2D eigenvalue weighted by Gasteiger charge is -2.18. The molecule has 1 aliphatic heterocycles. The average Bonchev–Trinajstić information content (AvgIpc) is 3.18. The first-order valence-corrected chi connectivity index (χ1v) is 10.2. The summed E-state index contributed by atoms with van der Waals surface area (Å²) in [5, 5.41) is -0.246. The number of nitrogens with zero attached hydrogens (tertiary/aromatic N) is 1. The van der Waals surface area contributed by atoms with E-state index in [1.165, 1.54) is 48.4 Å². The molecule has 1 fully saturated rings. The maximum Gasteiger partial charge on any atom is 0.338 e. The molecule has 0 saturated carbocycles. The summed E-state index contributed by atoms with van der Waals surface area (Å²) in [5.74, 6) is -0.992. The van der Waals surface area contributed by atoms with Crippen LogP contribution in [-0.4, -0.2) is 50.6 Å². The second kappa shape index (κ2) is 7.70. The summed E-state index contributed by atoms with van der Waals surface area (Å²) in [6.07, 6.45) is 0.330. The summed E-state index contributed by atoms with van der Waals surface area (Å²) < 4.78 is 30.3. The third-order valence-corrected chi connectivity index (χ3v) is 7.02. The minimum absolute atomic E-state index is 0.0688. The number of likely N-dealkylation sites (tertiary alicyclic amines) is 1. The smallest absolute Gasteiger partial charge is 0.338 e. The summed E-state index contributed by atoms with van der Waals surface area (Å²) in [6.45, 7) is 0.366. The van der Waals surface area contributed by atoms with Gasteiger partial charge in [0.2, 0.25) is 0 Å². The van der Waals surface area contributed by atoms with Crippen molar-refractivity contribution in [3.63, 3.8) is 0 Å². The summed E-state index contributed by atoms with van der Waals surface area (Å²) in [6, 6.07) is 12.3. The molecule has 0 aromatic heterocycles. The average molecular weight is 408 g/mol. The number of benzene rings is 2. The number of methoxy groups -OCH3 is 1. The van der Waals surface area contributed by atoms with E-state index >= 15 is 0 Å². The Bertz CT molecular complexity index is 972. The zero-order valence-corrected chi connectivity index (χ0v) is 16.2. The van der Waals surface area contributed by atoms with Crippen LogP contribution in [0.15, 0.2) is 53.4 Å². The molecule has 1 saturated heterocycles. The van der Waals surface area contributed by atoms with Crippen molar-refractivity contribution in [1.29, 1.82) is 0 Å². The maximum absolute atomic E-state index is 12.8. The second-order valence-electron chi connectivity index (χ2n) is 6.20. The lowest BCUT2D eigenvalue weighted by Crippen LogP contribution is -2.33. The largest absolute Gasteiger partial charge is 0.465 e. The number of ether oxygens (including phenoxy) is 1. The van der Waals surface area contributed by atoms with Crippen LogP contribution in [-0.2, 0) is 14.6 Å². The number of halogens is 1. The van der Waals surface area contributed by atoms with Crippen molar-refractivity contribution >= 4 is 33.3 Å². The van der Waals surface area contributed by atoms with Gasteiger partial charge in [-0.1, -0.05) is 23.7 Å². The van der Waals surface area contributed by atoms with Crippen molar-refractivity contribution in [2.45, 2.75) is 16.6 Å². The highest BCUT2D eigenvalue weighted by Gasteiger charge is 2.37. The van der Waals surface area contributed by atoms with Gasteiger partial charge in [0.15, 0.2) is 9.84 Å². The number of amides is 1. The van der Waals surface area contributed by atoms with Gasteiger partial charge >= 0.3 is 5.97 Å². The van der Waals surface area contributed by atoms with Gasteiger partial charge in [0.1, 0.15) is 0 Å². The van der Waals surface area contributed by atoms with E-state index in [4.69, 9.17) is 16.3 Å². The van der Waals surface area contributed by atoms with E-state index in [0.29, 0.717) is 18.0 Å². The zero-order valence-electron chi connectivity index (χ0n) is 14.6. The Kier molecular flexibility index (Phi) is 5.53. The molecule has 0 radical (unpaired) electrons. The minimum atomic E-state index is -3.58. The molecule has 1 heterocycles. The quantitative estimate of drug-likeness (QED) is 0.728. The summed E-state index contributed by atoms with van der Waals surface area (Å²) in [7, 11) is -2.34. The molecule has 0 aliphatic carbocycles. The highest BCUT2D eigenvalue weighted by Crippen LogP contribution is 2.26. The van der Waals surface area contributed by atoms with Crippen molar-refractivity contribution in [1.82, 2.24) is 4.90 Å². The maximum atomic E-state index is 12.8. The molecule has 0 bridgehead atoms. The Morgan fingerprint density at radius 3 is 2.33 bits per heavy atom. The standard InChI is InChI=1S/C19H18ClNO5S/c1-26-19(23)17-5-3-2-4-16(17)18(22)21-11-10-15(12-21)27(24,25)14-8-6-13(20)7-9-14/h2-9,15H,10-12H2,1H3/t15-/m0/s1. The molecule has 1 atom stereocenters. The molecule has 2 aromatic carbocycles. The number of hydrogen-bond donors (Lipinski definition) is 0. The van der Waals surface area contributed by atoms with Crippen LogP contribution in [0.5, 0.6) is 0 Å². The van der Waals surface area contributed by atoms with E-state index in [0.717, 1.165) is 0 Å². The second-order valence-corrected chi connectivity index (χ2v) is 8.86. The fourth-order valence-corrected chi connectivity index (χ4v) is 4.93. The van der Waals surface area contributed by atoms with Crippen LogP contribution in [0, 0.1) is 0 Å². The van der Waals surface area contributed by atoms with Crippen molar-refractivity contribution in [2.75, 3.05) is 20.2 Å². The van der Waals surface area contributed by atoms with Crippen molar-refractivity contribution < 1.29 is 22.7 Å². The molecule has 0 spiro atoms. The van der Waals surface area contributed by atoms with E-state index in [1.54, 1.807) is 12.1 Å². The number of carbonyl (C=O) groups is 2. The van der Waals surface area contributed by atoms with Gasteiger partial charge in [-0.2, -0.15) is 0 Å². The normalized spacial score (nSPS) is 17.0. The Labute approximate surface area is 162 Å². The van der Waals surface area contributed by atoms with Crippen molar-refractivity contribution in [2.24, 2.45) is 0 Å². The Morgan fingerprint density at radius 1 is 1.07 bits per heavy atom. The van der Waals surface area contributed by atoms with Gasteiger partial charge < -0.3 is 9.64 Å². The molecule has 8 heteroatoms. The number of carbonyl (C=O) groups excluding carboxylic acids is 2. The highest BCUT2D eigenvalue weighted by molar-refractivity contribution is 7.92. The fraction of sp³-hybridized carbons (Fsp3) is 0.263. The fourth-order valence-electron chi connectivity index (χ4n) is 3.11. The zero-order chi connectivity index (χ0) is 19.6. The van der Waals surface area contributed by atoms with E-state index in [1.807, 2.05) is 0 Å². The molecule has 142 valence electrons. The molecule has 3 rings (SSSR count). The third-order valence-electron chi connectivity index (χ3n) is 4.58. The van der Waals surface area contributed by atoms with Gasteiger partial charge in [0, 0.05) is 18.1 Å². The van der Waals surface area contributed by atoms with Crippen LogP contribution in [0.4, 0.5) is 0 Å². The molecular weight excluding hydrogens is 390 g/mol. The van der Waals surface area contributed by atoms with Crippen LogP contribution in [0.2, 0.25) is 5.02 Å². The summed E-state index contributed by atoms with van der Waals surface area (Å²) in [4.78, 5) is 26.4. The van der Waals surface area contributed by atoms with Gasteiger partial charge in [-0.3, -0.25) is 4.79 Å². The van der Waals surface area contributed by atoms with E-state index in [-0.39, 0.29) is 28.5 Å². The molecule has 0 N–H and O–H groups in total. The molecular formula is C19H18ClNO5S. The van der Waals surface area contributed by atoms with Gasteiger partial charge in [0.25, 0.3) is 5.91 Å². The van der Waals surface area contributed by atoms with Gasteiger partial charge in [-0.05, 0) is 42.8 Å². The Morgan fingerprint density at radius 2 is 1.70 bits per heavy atom. The number of sulfone groups is 1. The van der Waals surface area contributed by atoms with E-state index in [2.05, 4.69) is 0 Å². The molecule has 2 aromatic rings. The van der Waals surface area contributed by atoms with Crippen LogP contribution < -0.4 is 0 Å². The van der Waals surface area contributed by atoms with Crippen LogP contribution >= 0.6 is 11.6 Å². The van der Waals surface area contributed by atoms with E-state index in [9.17, 15) is 18.0 Å². The monoisotopic (exact) mass is 407 g/mol. The number of hydrogen-bond acceptors (Lipinski definition) is 5. The Balaban J connectivity index is 1.81. The molecule has 0 unspecified atom stereocenters. The predicted molar refractivity (Wildman–Crippen MR) is 101 cm³/mol. The van der Waals surface area contributed by atoms with Gasteiger partial charge in [0.05, 0.1) is 28.4 Å². The highest BCUT2D eigenvalue weighted by atomic mass is 35.5. The number of rotatable bonds is 4. The molecule has 1 aliphatic rings. The third kappa shape index (κ3) is 3.84. The predicted octanol–water partition coefficient (Wildman–Crippen LogP) is 2.82.